The molecule has 4 heteroatoms. The molecule has 1 aliphatic rings. The summed E-state index contributed by atoms with van der Waals surface area (Å²) in [7, 11) is 0. The van der Waals surface area contributed by atoms with Crippen LogP contribution in [-0.2, 0) is 4.79 Å². The molecule has 20 heavy (non-hydrogen) atoms. The first-order valence-corrected chi connectivity index (χ1v) is 7.79. The highest BCUT2D eigenvalue weighted by Gasteiger charge is 2.41. The van der Waals surface area contributed by atoms with E-state index in [1.807, 2.05) is 6.20 Å². The van der Waals surface area contributed by atoms with Crippen LogP contribution in [0, 0.1) is 0 Å². The molecule has 0 radical (unpaired) electrons. The number of unbranched alkanes of at least 4 members (excludes halogenated alkanes) is 2. The van der Waals surface area contributed by atoms with Gasteiger partial charge in [0, 0.05) is 20.3 Å². The monoisotopic (exact) mass is 280 g/mol. The Morgan fingerprint density at radius 3 is 2.80 bits per heavy atom. The summed E-state index contributed by atoms with van der Waals surface area (Å²) < 4.78 is 0.762. The number of quaternary nitrogens is 1. The van der Waals surface area contributed by atoms with Gasteiger partial charge in [0.2, 0.25) is 5.91 Å². The lowest BCUT2D eigenvalue weighted by atomic mass is 10.2. The predicted octanol–water partition coefficient (Wildman–Crippen LogP) is 2.84. The quantitative estimate of drug-likeness (QED) is 0.408. The first-order valence-electron chi connectivity index (χ1n) is 7.79. The molecular weight excluding hydrogens is 250 g/mol. The predicted molar refractivity (Wildman–Crippen MR) is 83.4 cm³/mol. The second kappa shape index (κ2) is 8.10. The number of nitrogens with zero attached hydrogens (tertiary/aromatic N) is 1. The van der Waals surface area contributed by atoms with E-state index in [0.29, 0.717) is 6.17 Å². The van der Waals surface area contributed by atoms with Crippen molar-refractivity contribution in [3.8, 4) is 0 Å². The van der Waals surface area contributed by atoms with Crippen LogP contribution in [0.2, 0.25) is 0 Å². The Labute approximate surface area is 123 Å². The molecule has 1 aliphatic heterocycles. The Bertz CT molecular complexity index is 365. The highest BCUT2D eigenvalue weighted by Crippen LogP contribution is 2.24. The van der Waals surface area contributed by atoms with Gasteiger partial charge in [-0.1, -0.05) is 31.9 Å². The molecule has 0 bridgehead atoms. The minimum atomic E-state index is 0.0287. The Balaban J connectivity index is 2.65. The number of carbonyl (C=O) groups is 1. The van der Waals surface area contributed by atoms with Crippen LogP contribution in [0.25, 0.3) is 0 Å². The van der Waals surface area contributed by atoms with Gasteiger partial charge in [0.05, 0.1) is 12.7 Å². The maximum atomic E-state index is 11.3. The van der Waals surface area contributed by atoms with Gasteiger partial charge in [0.1, 0.15) is 6.20 Å². The van der Waals surface area contributed by atoms with Gasteiger partial charge in [-0.3, -0.25) is 9.28 Å². The van der Waals surface area contributed by atoms with Crippen molar-refractivity contribution < 1.29 is 9.28 Å². The summed E-state index contributed by atoms with van der Waals surface area (Å²) in [6.45, 7) is 9.00. The van der Waals surface area contributed by atoms with Crippen LogP contribution < -0.4 is 10.6 Å². The van der Waals surface area contributed by atoms with E-state index in [1.54, 1.807) is 6.92 Å². The van der Waals surface area contributed by atoms with Gasteiger partial charge in [0.25, 0.3) is 0 Å². The molecule has 114 valence electrons. The number of hydrogen-bond donors (Lipinski definition) is 2. The summed E-state index contributed by atoms with van der Waals surface area (Å²) >= 11 is 0. The van der Waals surface area contributed by atoms with Crippen LogP contribution in [0.3, 0.4) is 0 Å². The van der Waals surface area contributed by atoms with E-state index < -0.39 is 0 Å². The van der Waals surface area contributed by atoms with Crippen molar-refractivity contribution in [2.75, 3.05) is 6.54 Å². The summed E-state index contributed by atoms with van der Waals surface area (Å²) in [6.07, 6.45) is 13.7. The molecule has 4 nitrogen and oxygen atoms in total. The molecule has 0 aliphatic carbocycles. The van der Waals surface area contributed by atoms with Crippen molar-refractivity contribution in [2.45, 2.75) is 65.7 Å². The van der Waals surface area contributed by atoms with E-state index in [4.69, 9.17) is 0 Å². The number of amides is 1. The summed E-state index contributed by atoms with van der Waals surface area (Å²) in [5.74, 6) is 0.0287. The van der Waals surface area contributed by atoms with Gasteiger partial charge in [0.15, 0.2) is 12.3 Å². The second-order valence-electron chi connectivity index (χ2n) is 5.54. The molecule has 0 saturated carbocycles. The fraction of sp³-hybridized carbons (Fsp3) is 0.688. The summed E-state index contributed by atoms with van der Waals surface area (Å²) in [5, 5.41) is 6.47. The Morgan fingerprint density at radius 2 is 2.20 bits per heavy atom. The van der Waals surface area contributed by atoms with E-state index in [2.05, 4.69) is 49.8 Å². The van der Waals surface area contributed by atoms with Gasteiger partial charge in [-0.25, -0.2) is 0 Å². The van der Waals surface area contributed by atoms with E-state index in [-0.39, 0.29) is 12.1 Å². The van der Waals surface area contributed by atoms with E-state index in [9.17, 15) is 4.79 Å². The van der Waals surface area contributed by atoms with Crippen molar-refractivity contribution in [3.63, 3.8) is 0 Å². The van der Waals surface area contributed by atoms with Crippen molar-refractivity contribution in [1.29, 1.82) is 0 Å². The number of nitrogens with one attached hydrogen (secondary N) is 2. The summed E-state index contributed by atoms with van der Waals surface area (Å²) in [5.41, 5.74) is 0. The molecule has 3 unspecified atom stereocenters. The Morgan fingerprint density at radius 1 is 1.45 bits per heavy atom. The number of carbonyl (C=O) groups excluding carboxylic acids is 1. The van der Waals surface area contributed by atoms with Crippen LogP contribution in [0.15, 0.2) is 24.6 Å². The highest BCUT2D eigenvalue weighted by atomic mass is 16.1. The fourth-order valence-electron chi connectivity index (χ4n) is 2.88. The molecule has 2 N–H and O–H groups in total. The molecule has 0 aromatic carbocycles. The van der Waals surface area contributed by atoms with E-state index >= 15 is 0 Å². The average molecular weight is 280 g/mol. The van der Waals surface area contributed by atoms with Gasteiger partial charge in [-0.15, -0.1) is 0 Å². The minimum Gasteiger partial charge on any atom is -0.337 e. The third-order valence-corrected chi connectivity index (χ3v) is 4.15. The molecule has 0 aromatic heterocycles. The SMILES string of the molecule is CCCC/C=C/CC1NC=C[N+]1(CC)C(C)NC(C)=O. The molecule has 0 spiro atoms. The van der Waals surface area contributed by atoms with Gasteiger partial charge in [-0.05, 0) is 13.3 Å². The van der Waals surface area contributed by atoms with Gasteiger partial charge in [-0.2, -0.15) is 0 Å². The Kier molecular flexibility index (Phi) is 6.79. The number of allylic oxidation sites excluding steroid dienone is 1. The fourth-order valence-corrected chi connectivity index (χ4v) is 2.88. The van der Waals surface area contributed by atoms with Crippen LogP contribution in [0.1, 0.15) is 53.4 Å². The first-order chi connectivity index (χ1) is 9.56. The van der Waals surface area contributed by atoms with Crippen molar-refractivity contribution in [3.05, 3.63) is 24.6 Å². The third-order valence-electron chi connectivity index (χ3n) is 4.15. The molecule has 1 rings (SSSR count). The smallest absolute Gasteiger partial charge is 0.221 e. The van der Waals surface area contributed by atoms with Crippen molar-refractivity contribution >= 4 is 5.91 Å². The molecule has 0 aromatic rings. The molecule has 1 heterocycles. The molecule has 0 fully saturated rings. The lowest BCUT2D eigenvalue weighted by Crippen LogP contribution is -2.62. The lowest BCUT2D eigenvalue weighted by molar-refractivity contribution is -0.923. The van der Waals surface area contributed by atoms with Crippen LogP contribution >= 0.6 is 0 Å². The van der Waals surface area contributed by atoms with Gasteiger partial charge < -0.3 is 10.6 Å². The maximum Gasteiger partial charge on any atom is 0.221 e. The molecule has 3 atom stereocenters. The van der Waals surface area contributed by atoms with E-state index in [1.165, 1.54) is 12.8 Å². The van der Waals surface area contributed by atoms with Gasteiger partial charge >= 0.3 is 0 Å². The normalized spacial score (nSPS) is 26.7. The standard InChI is InChI=1S/C16H29N3O/c1-5-7-8-9-10-11-16-17-12-13-19(16,6-2)14(3)18-15(4)20/h9-10,12-14,16-17H,5-8,11H2,1-4H3/p+1/b10-9+. The molecular formula is C16H30N3O+. The van der Waals surface area contributed by atoms with Crippen molar-refractivity contribution in [1.82, 2.24) is 10.6 Å². The third kappa shape index (κ3) is 4.10. The maximum absolute atomic E-state index is 11.3. The zero-order valence-corrected chi connectivity index (χ0v) is 13.4. The zero-order chi connectivity index (χ0) is 15.0. The molecule has 1 amide bonds. The van der Waals surface area contributed by atoms with Crippen LogP contribution in [-0.4, -0.2) is 29.3 Å². The summed E-state index contributed by atoms with van der Waals surface area (Å²) in [6, 6.07) is 0. The number of hydrogen-bond acceptors (Lipinski definition) is 2. The first kappa shape index (κ1) is 16.8. The van der Waals surface area contributed by atoms with E-state index in [0.717, 1.165) is 23.9 Å². The topological polar surface area (TPSA) is 41.1 Å². The Hall–Kier alpha value is -1.29. The number of rotatable bonds is 8. The minimum absolute atomic E-state index is 0.0287. The lowest BCUT2D eigenvalue weighted by Gasteiger charge is -2.41. The summed E-state index contributed by atoms with van der Waals surface area (Å²) in [4.78, 5) is 11.3. The largest absolute Gasteiger partial charge is 0.337 e. The van der Waals surface area contributed by atoms with Crippen LogP contribution in [0.5, 0.6) is 0 Å². The average Bonchev–Trinajstić information content (AvgIpc) is 2.82. The van der Waals surface area contributed by atoms with Crippen molar-refractivity contribution in [2.24, 2.45) is 0 Å². The molecule has 0 saturated heterocycles. The highest BCUT2D eigenvalue weighted by molar-refractivity contribution is 5.72. The van der Waals surface area contributed by atoms with Crippen LogP contribution in [0.4, 0.5) is 0 Å². The second-order valence-corrected chi connectivity index (χ2v) is 5.54. The zero-order valence-electron chi connectivity index (χ0n) is 13.4.